The van der Waals surface area contributed by atoms with Gasteiger partial charge in [-0.15, -0.1) is 0 Å². The normalized spacial score (nSPS) is 18.6. The number of fused-ring (bicyclic) bond motifs is 1. The molecule has 2 aliphatic heterocycles. The molecule has 7 heteroatoms. The van der Waals surface area contributed by atoms with Gasteiger partial charge in [-0.05, 0) is 67.3 Å². The first kappa shape index (κ1) is 26.6. The van der Waals surface area contributed by atoms with Crippen molar-refractivity contribution < 1.29 is 13.9 Å². The molecule has 0 saturated carbocycles. The Morgan fingerprint density at radius 1 is 0.974 bits per heavy atom. The van der Waals surface area contributed by atoms with Crippen molar-refractivity contribution >= 4 is 17.5 Å². The first-order chi connectivity index (χ1) is 18.5. The summed E-state index contributed by atoms with van der Waals surface area (Å²) in [5, 5.41) is 0.522. The van der Waals surface area contributed by atoms with Crippen LogP contribution in [0.4, 0.5) is 4.39 Å². The summed E-state index contributed by atoms with van der Waals surface area (Å²) in [5.41, 5.74) is 2.45. The van der Waals surface area contributed by atoms with Crippen LogP contribution < -0.4 is 4.74 Å². The van der Waals surface area contributed by atoms with Crippen molar-refractivity contribution in [1.82, 2.24) is 14.8 Å². The molecule has 0 N–H and O–H groups in total. The number of carbonyl (C=O) groups is 1. The molecule has 38 heavy (non-hydrogen) atoms. The molecule has 0 radical (unpaired) electrons. The predicted octanol–water partition coefficient (Wildman–Crippen LogP) is 6.40. The van der Waals surface area contributed by atoms with Crippen LogP contribution in [0.5, 0.6) is 5.75 Å². The number of likely N-dealkylation sites (tertiary alicyclic amines) is 1. The van der Waals surface area contributed by atoms with Crippen molar-refractivity contribution in [3.63, 3.8) is 0 Å². The minimum atomic E-state index is -0.171. The summed E-state index contributed by atoms with van der Waals surface area (Å²) in [5.74, 6) is 0.740. The van der Waals surface area contributed by atoms with Crippen molar-refractivity contribution in [2.24, 2.45) is 5.41 Å². The SMILES string of the molecule is O=C(c1ccc(Cl)cn1)N1CCC2(CCCCc3ccccc3OCCN(Cc3ccccc3F)C2)CC1. The molecule has 1 amide bonds. The van der Waals surface area contributed by atoms with Crippen molar-refractivity contribution in [2.75, 3.05) is 32.8 Å². The van der Waals surface area contributed by atoms with E-state index >= 15 is 0 Å². The third-order valence-corrected chi connectivity index (χ3v) is 8.23. The molecule has 2 aromatic carbocycles. The molecular weight excluding hydrogens is 501 g/mol. The molecule has 1 aromatic heterocycles. The number of hydrogen-bond donors (Lipinski definition) is 0. The molecule has 2 aliphatic rings. The lowest BCUT2D eigenvalue weighted by Crippen LogP contribution is -2.48. The van der Waals surface area contributed by atoms with Gasteiger partial charge < -0.3 is 9.64 Å². The maximum absolute atomic E-state index is 14.6. The van der Waals surface area contributed by atoms with E-state index in [1.54, 1.807) is 18.2 Å². The second-order valence-corrected chi connectivity index (χ2v) is 11.1. The van der Waals surface area contributed by atoms with Crippen LogP contribution in [0.15, 0.2) is 66.9 Å². The lowest BCUT2D eigenvalue weighted by Gasteiger charge is -2.45. The van der Waals surface area contributed by atoms with Crippen molar-refractivity contribution in [2.45, 2.75) is 45.1 Å². The fourth-order valence-corrected chi connectivity index (χ4v) is 5.95. The van der Waals surface area contributed by atoms with Gasteiger partial charge in [0.05, 0.1) is 5.02 Å². The van der Waals surface area contributed by atoms with E-state index < -0.39 is 0 Å². The Hall–Kier alpha value is -2.96. The molecule has 0 aliphatic carbocycles. The number of nitrogens with zero attached hydrogens (tertiary/aromatic N) is 3. The van der Waals surface area contributed by atoms with Crippen LogP contribution in [0.2, 0.25) is 5.02 Å². The highest BCUT2D eigenvalue weighted by molar-refractivity contribution is 6.30. The number of piperidine rings is 1. The first-order valence-corrected chi connectivity index (χ1v) is 14.0. The Morgan fingerprint density at radius 2 is 1.76 bits per heavy atom. The van der Waals surface area contributed by atoms with Crippen molar-refractivity contribution in [3.05, 3.63) is 94.5 Å². The molecule has 3 heterocycles. The fourth-order valence-electron chi connectivity index (χ4n) is 5.84. The Kier molecular flexibility index (Phi) is 8.60. The van der Waals surface area contributed by atoms with Crippen LogP contribution in [0.1, 0.15) is 53.7 Å². The Labute approximate surface area is 229 Å². The van der Waals surface area contributed by atoms with Gasteiger partial charge in [0.25, 0.3) is 5.91 Å². The number of pyridine rings is 1. The number of aryl methyl sites for hydroxylation is 1. The van der Waals surface area contributed by atoms with Gasteiger partial charge in [0.1, 0.15) is 23.9 Å². The van der Waals surface area contributed by atoms with Gasteiger partial charge >= 0.3 is 0 Å². The van der Waals surface area contributed by atoms with Gasteiger partial charge in [-0.25, -0.2) is 9.37 Å². The van der Waals surface area contributed by atoms with Crippen LogP contribution >= 0.6 is 11.6 Å². The highest BCUT2D eigenvalue weighted by atomic mass is 35.5. The van der Waals surface area contributed by atoms with Gasteiger partial charge in [-0.1, -0.05) is 54.4 Å². The average molecular weight is 536 g/mol. The summed E-state index contributed by atoms with van der Waals surface area (Å²) in [6.45, 7) is 4.03. The molecule has 3 aromatic rings. The summed E-state index contributed by atoms with van der Waals surface area (Å²) in [4.78, 5) is 21.6. The molecule has 5 nitrogen and oxygen atoms in total. The number of carbonyl (C=O) groups excluding carboxylic acids is 1. The van der Waals surface area contributed by atoms with E-state index in [2.05, 4.69) is 22.0 Å². The van der Waals surface area contributed by atoms with Gasteiger partial charge in [-0.3, -0.25) is 9.69 Å². The summed E-state index contributed by atoms with van der Waals surface area (Å²) >= 11 is 5.96. The topological polar surface area (TPSA) is 45.7 Å². The zero-order chi connectivity index (χ0) is 26.4. The summed E-state index contributed by atoms with van der Waals surface area (Å²) in [6.07, 6.45) is 7.63. The van der Waals surface area contributed by atoms with E-state index in [0.717, 1.165) is 50.8 Å². The average Bonchev–Trinajstić information content (AvgIpc) is 2.93. The van der Waals surface area contributed by atoms with Gasteiger partial charge in [-0.2, -0.15) is 0 Å². The molecule has 0 bridgehead atoms. The predicted molar refractivity (Wildman–Crippen MR) is 148 cm³/mol. The molecule has 1 saturated heterocycles. The zero-order valence-corrected chi connectivity index (χ0v) is 22.5. The first-order valence-electron chi connectivity index (χ1n) is 13.6. The molecule has 0 atom stereocenters. The number of benzene rings is 2. The van der Waals surface area contributed by atoms with Gasteiger partial charge in [0.2, 0.25) is 0 Å². The van der Waals surface area contributed by atoms with Crippen LogP contribution in [0.3, 0.4) is 0 Å². The Bertz CT molecular complexity index is 1230. The number of rotatable bonds is 3. The monoisotopic (exact) mass is 535 g/mol. The highest BCUT2D eigenvalue weighted by Crippen LogP contribution is 2.39. The molecule has 1 fully saturated rings. The van der Waals surface area contributed by atoms with E-state index in [4.69, 9.17) is 16.3 Å². The van der Waals surface area contributed by atoms with Gasteiger partial charge in [0, 0.05) is 44.5 Å². The fraction of sp³-hybridized carbons (Fsp3) is 0.419. The number of halogens is 2. The van der Waals surface area contributed by atoms with E-state index in [0.29, 0.717) is 49.1 Å². The molecule has 200 valence electrons. The smallest absolute Gasteiger partial charge is 0.272 e. The molecule has 0 unspecified atom stereocenters. The van der Waals surface area contributed by atoms with Crippen LogP contribution in [0, 0.1) is 11.2 Å². The molecule has 1 spiro atoms. The minimum Gasteiger partial charge on any atom is -0.492 e. The Balaban J connectivity index is 1.34. The van der Waals surface area contributed by atoms with Crippen molar-refractivity contribution in [1.29, 1.82) is 0 Å². The van der Waals surface area contributed by atoms with E-state index in [-0.39, 0.29) is 17.1 Å². The van der Waals surface area contributed by atoms with Crippen LogP contribution in [-0.2, 0) is 13.0 Å². The summed E-state index contributed by atoms with van der Waals surface area (Å²) < 4.78 is 20.9. The number of aromatic nitrogens is 1. The largest absolute Gasteiger partial charge is 0.492 e. The third kappa shape index (κ3) is 6.54. The van der Waals surface area contributed by atoms with E-state index in [9.17, 15) is 9.18 Å². The van der Waals surface area contributed by atoms with E-state index in [1.165, 1.54) is 17.8 Å². The summed E-state index contributed by atoms with van der Waals surface area (Å²) in [7, 11) is 0. The van der Waals surface area contributed by atoms with Gasteiger partial charge in [0.15, 0.2) is 0 Å². The standard InChI is InChI=1S/C31H35ClFN3O2/c32-26-12-13-28(34-21-26)30(37)36-17-15-31(16-18-36)14-6-5-8-24-7-2-4-11-29(24)38-20-19-35(23-31)22-25-9-1-3-10-27(25)33/h1-4,7,9-13,21H,5-6,8,14-20,22-23H2. The highest BCUT2D eigenvalue weighted by Gasteiger charge is 2.37. The molecule has 5 rings (SSSR count). The zero-order valence-electron chi connectivity index (χ0n) is 21.8. The summed E-state index contributed by atoms with van der Waals surface area (Å²) in [6, 6.07) is 18.7. The van der Waals surface area contributed by atoms with E-state index in [1.807, 2.05) is 29.2 Å². The van der Waals surface area contributed by atoms with Crippen LogP contribution in [-0.4, -0.2) is 53.5 Å². The Morgan fingerprint density at radius 3 is 2.55 bits per heavy atom. The number of para-hydroxylation sites is 1. The maximum Gasteiger partial charge on any atom is 0.272 e. The maximum atomic E-state index is 14.6. The second-order valence-electron chi connectivity index (χ2n) is 10.6. The van der Waals surface area contributed by atoms with Crippen LogP contribution in [0.25, 0.3) is 0 Å². The van der Waals surface area contributed by atoms with Crippen molar-refractivity contribution in [3.8, 4) is 5.75 Å². The lowest BCUT2D eigenvalue weighted by molar-refractivity contribution is 0.0355. The lowest BCUT2D eigenvalue weighted by atomic mass is 9.73. The third-order valence-electron chi connectivity index (χ3n) is 8.01. The quantitative estimate of drug-likeness (QED) is 0.389. The number of ether oxygens (including phenoxy) is 1. The number of amides is 1. The molecular formula is C31H35ClFN3O2. The minimum absolute atomic E-state index is 0.0436. The number of hydrogen-bond acceptors (Lipinski definition) is 4. The second kappa shape index (κ2) is 12.3.